The zero-order chi connectivity index (χ0) is 21.8. The van der Waals surface area contributed by atoms with Gasteiger partial charge in [-0.1, -0.05) is 23.9 Å². The van der Waals surface area contributed by atoms with Crippen LogP contribution in [0.25, 0.3) is 11.5 Å². The monoisotopic (exact) mass is 440 g/mol. The molecule has 2 heterocycles. The molecule has 1 aliphatic rings. The second-order valence-electron chi connectivity index (χ2n) is 6.80. The summed E-state index contributed by atoms with van der Waals surface area (Å²) in [5.41, 5.74) is 3.50. The summed E-state index contributed by atoms with van der Waals surface area (Å²) in [6.07, 6.45) is 0. The highest BCUT2D eigenvalue weighted by Gasteiger charge is 2.17. The summed E-state index contributed by atoms with van der Waals surface area (Å²) in [7, 11) is 0. The average Bonchev–Trinajstić information content (AvgIpc) is 3.43. The van der Waals surface area contributed by atoms with Gasteiger partial charge in [0.2, 0.25) is 24.5 Å². The lowest BCUT2D eigenvalue weighted by molar-refractivity contribution is -0.122. The number of rotatable bonds is 7. The Morgan fingerprint density at radius 1 is 1.06 bits per heavy atom. The van der Waals surface area contributed by atoms with Crippen LogP contribution in [0.1, 0.15) is 11.1 Å². The summed E-state index contributed by atoms with van der Waals surface area (Å²) in [5, 5.41) is 13.6. The van der Waals surface area contributed by atoms with Gasteiger partial charge in [0, 0.05) is 11.3 Å². The van der Waals surface area contributed by atoms with E-state index in [0.717, 1.165) is 28.6 Å². The van der Waals surface area contributed by atoms with Crippen LogP contribution >= 0.6 is 11.8 Å². The fraction of sp³-hybridized carbons (Fsp3) is 0.238. The smallest absolute Gasteiger partial charge is 0.277 e. The normalized spacial score (nSPS) is 11.9. The molecule has 1 aromatic heterocycles. The van der Waals surface area contributed by atoms with Gasteiger partial charge in [-0.05, 0) is 49.2 Å². The second kappa shape index (κ2) is 9.09. The van der Waals surface area contributed by atoms with Crippen LogP contribution in [-0.4, -0.2) is 41.1 Å². The highest BCUT2D eigenvalue weighted by Crippen LogP contribution is 2.36. The molecule has 0 atom stereocenters. The van der Waals surface area contributed by atoms with Gasteiger partial charge in [-0.15, -0.1) is 10.2 Å². The number of thioether (sulfide) groups is 1. The van der Waals surface area contributed by atoms with Crippen LogP contribution in [0, 0.1) is 13.8 Å². The van der Waals surface area contributed by atoms with Crippen LogP contribution in [0.15, 0.2) is 46.0 Å². The van der Waals surface area contributed by atoms with E-state index in [1.165, 1.54) is 0 Å². The van der Waals surface area contributed by atoms with Crippen LogP contribution < -0.4 is 20.1 Å². The molecule has 2 N–H and O–H groups in total. The molecule has 31 heavy (non-hydrogen) atoms. The molecule has 3 aromatic rings. The summed E-state index contributed by atoms with van der Waals surface area (Å²) >= 11 is 1.09. The molecular formula is C21H20N4O5S. The van der Waals surface area contributed by atoms with Crippen molar-refractivity contribution in [1.82, 2.24) is 15.5 Å². The minimum absolute atomic E-state index is 0.0412. The molecule has 0 radical (unpaired) electrons. The van der Waals surface area contributed by atoms with Crippen molar-refractivity contribution < 1.29 is 23.5 Å². The summed E-state index contributed by atoms with van der Waals surface area (Å²) in [4.78, 5) is 24.2. The maximum absolute atomic E-state index is 12.1. The second-order valence-corrected chi connectivity index (χ2v) is 7.73. The molecule has 0 saturated heterocycles. The largest absolute Gasteiger partial charge is 0.454 e. The molecule has 1 aliphatic heterocycles. The van der Waals surface area contributed by atoms with E-state index in [0.29, 0.717) is 23.0 Å². The molecule has 0 spiro atoms. The van der Waals surface area contributed by atoms with Crippen molar-refractivity contribution in [3.8, 4) is 23.0 Å². The molecule has 0 saturated carbocycles. The SMILES string of the molecule is Cc1cccc(NC(=O)CNC(=O)CSc2nnc(-c3ccc4c(c3)OCO4)o2)c1C. The lowest BCUT2D eigenvalue weighted by Crippen LogP contribution is -2.34. The molecular weight excluding hydrogens is 420 g/mol. The highest BCUT2D eigenvalue weighted by molar-refractivity contribution is 7.99. The molecule has 9 nitrogen and oxygen atoms in total. The first-order valence-electron chi connectivity index (χ1n) is 9.48. The van der Waals surface area contributed by atoms with E-state index >= 15 is 0 Å². The number of benzene rings is 2. The Morgan fingerprint density at radius 3 is 2.77 bits per heavy atom. The molecule has 0 fully saturated rings. The van der Waals surface area contributed by atoms with E-state index in [1.54, 1.807) is 18.2 Å². The van der Waals surface area contributed by atoms with Gasteiger partial charge < -0.3 is 24.5 Å². The number of ether oxygens (including phenoxy) is 2. The van der Waals surface area contributed by atoms with Gasteiger partial charge in [-0.3, -0.25) is 9.59 Å². The molecule has 2 amide bonds. The van der Waals surface area contributed by atoms with Crippen LogP contribution in [0.3, 0.4) is 0 Å². The lowest BCUT2D eigenvalue weighted by atomic mass is 10.1. The minimum atomic E-state index is -0.316. The average molecular weight is 440 g/mol. The third-order valence-corrected chi connectivity index (χ3v) is 5.50. The van der Waals surface area contributed by atoms with Crippen LogP contribution in [0.4, 0.5) is 5.69 Å². The number of hydrogen-bond acceptors (Lipinski definition) is 8. The summed E-state index contributed by atoms with van der Waals surface area (Å²) < 4.78 is 16.2. The molecule has 10 heteroatoms. The highest BCUT2D eigenvalue weighted by atomic mass is 32.2. The third kappa shape index (κ3) is 4.97. The molecule has 2 aromatic carbocycles. The quantitative estimate of drug-likeness (QED) is 0.539. The number of amides is 2. The summed E-state index contributed by atoms with van der Waals surface area (Å²) in [6.45, 7) is 3.96. The number of carbonyl (C=O) groups excluding carboxylic acids is 2. The van der Waals surface area contributed by atoms with Crippen molar-refractivity contribution in [1.29, 1.82) is 0 Å². The zero-order valence-electron chi connectivity index (χ0n) is 16.9. The topological polar surface area (TPSA) is 116 Å². The molecule has 0 unspecified atom stereocenters. The number of hydrogen-bond donors (Lipinski definition) is 2. The molecule has 0 aliphatic carbocycles. The lowest BCUT2D eigenvalue weighted by Gasteiger charge is -2.10. The third-order valence-electron chi connectivity index (χ3n) is 4.68. The molecule has 0 bridgehead atoms. The zero-order valence-corrected chi connectivity index (χ0v) is 17.7. The van der Waals surface area contributed by atoms with Crippen molar-refractivity contribution in [2.75, 3.05) is 24.4 Å². The van der Waals surface area contributed by atoms with Gasteiger partial charge in [0.25, 0.3) is 5.22 Å². The first-order valence-corrected chi connectivity index (χ1v) is 10.5. The number of nitrogens with one attached hydrogen (secondary N) is 2. The summed E-state index contributed by atoms with van der Waals surface area (Å²) in [6, 6.07) is 11.0. The van der Waals surface area contributed by atoms with Gasteiger partial charge >= 0.3 is 0 Å². The number of nitrogens with zero attached hydrogens (tertiary/aromatic N) is 2. The number of aryl methyl sites for hydroxylation is 1. The van der Waals surface area contributed by atoms with Gasteiger partial charge in [0.15, 0.2) is 11.5 Å². The number of aromatic nitrogens is 2. The predicted octanol–water partition coefficient (Wildman–Crippen LogP) is 2.93. The Balaban J connectivity index is 1.25. The van der Waals surface area contributed by atoms with Crippen LogP contribution in [0.5, 0.6) is 11.5 Å². The van der Waals surface area contributed by atoms with Gasteiger partial charge in [-0.2, -0.15) is 0 Å². The summed E-state index contributed by atoms with van der Waals surface area (Å²) in [5.74, 6) is 1.02. The minimum Gasteiger partial charge on any atom is -0.454 e. The van der Waals surface area contributed by atoms with Crippen molar-refractivity contribution >= 4 is 29.3 Å². The Hall–Kier alpha value is -3.53. The van der Waals surface area contributed by atoms with E-state index in [1.807, 2.05) is 32.0 Å². The Morgan fingerprint density at radius 2 is 1.90 bits per heavy atom. The number of carbonyl (C=O) groups is 2. The standard InChI is InChI=1S/C21H20N4O5S/c1-12-4-3-5-15(13(12)2)23-18(26)9-22-19(27)10-31-21-25-24-20(30-21)14-6-7-16-17(8-14)29-11-28-16/h3-8H,9-11H2,1-2H3,(H,22,27)(H,23,26). The predicted molar refractivity (Wildman–Crippen MR) is 114 cm³/mol. The van der Waals surface area contributed by atoms with Crippen molar-refractivity contribution in [2.24, 2.45) is 0 Å². The van der Waals surface area contributed by atoms with Crippen molar-refractivity contribution in [3.63, 3.8) is 0 Å². The van der Waals surface area contributed by atoms with Crippen molar-refractivity contribution in [3.05, 3.63) is 47.5 Å². The van der Waals surface area contributed by atoms with E-state index < -0.39 is 0 Å². The first kappa shape index (κ1) is 20.7. The van der Waals surface area contributed by atoms with E-state index in [2.05, 4.69) is 20.8 Å². The van der Waals surface area contributed by atoms with Gasteiger partial charge in [0.1, 0.15) is 0 Å². The number of fused-ring (bicyclic) bond motifs is 1. The molecule has 160 valence electrons. The molecule has 4 rings (SSSR count). The maximum Gasteiger partial charge on any atom is 0.277 e. The fourth-order valence-corrected chi connectivity index (χ4v) is 3.45. The Kier molecular flexibility index (Phi) is 6.08. The number of anilines is 1. The van der Waals surface area contributed by atoms with E-state index in [-0.39, 0.29) is 36.1 Å². The Bertz CT molecular complexity index is 1130. The fourth-order valence-electron chi connectivity index (χ4n) is 2.85. The first-order chi connectivity index (χ1) is 15.0. The van der Waals surface area contributed by atoms with E-state index in [4.69, 9.17) is 13.9 Å². The van der Waals surface area contributed by atoms with Gasteiger partial charge in [0.05, 0.1) is 12.3 Å². The van der Waals surface area contributed by atoms with Gasteiger partial charge in [-0.25, -0.2) is 0 Å². The maximum atomic E-state index is 12.1. The van der Waals surface area contributed by atoms with Crippen molar-refractivity contribution in [2.45, 2.75) is 19.1 Å². The van der Waals surface area contributed by atoms with E-state index in [9.17, 15) is 9.59 Å². The van der Waals surface area contributed by atoms with Crippen LogP contribution in [0.2, 0.25) is 0 Å². The van der Waals surface area contributed by atoms with Crippen LogP contribution in [-0.2, 0) is 9.59 Å². The Labute approximate surface area is 182 Å².